The van der Waals surface area contributed by atoms with Gasteiger partial charge in [0.15, 0.2) is 0 Å². The van der Waals surface area contributed by atoms with E-state index in [4.69, 9.17) is 0 Å². The Morgan fingerprint density at radius 3 is 2.12 bits per heavy atom. The molecular weight excluding hydrogens is 304 g/mol. The molecule has 0 radical (unpaired) electrons. The van der Waals surface area contributed by atoms with Crippen molar-refractivity contribution < 1.29 is 9.59 Å². The molecule has 2 fully saturated rings. The van der Waals surface area contributed by atoms with Crippen LogP contribution in [0.3, 0.4) is 0 Å². The van der Waals surface area contributed by atoms with Crippen molar-refractivity contribution in [2.24, 2.45) is 0 Å². The molecule has 0 bridgehead atoms. The van der Waals surface area contributed by atoms with Gasteiger partial charge in [-0.05, 0) is 25.0 Å². The first-order chi connectivity index (χ1) is 11.7. The van der Waals surface area contributed by atoms with E-state index in [2.05, 4.69) is 10.2 Å². The number of hydrogen-bond acceptors (Lipinski definition) is 4. The lowest BCUT2D eigenvalue weighted by molar-refractivity contribution is -0.133. The molecule has 0 aliphatic carbocycles. The van der Waals surface area contributed by atoms with Gasteiger partial charge < -0.3 is 15.1 Å². The van der Waals surface area contributed by atoms with Crippen LogP contribution in [0.15, 0.2) is 30.3 Å². The highest BCUT2D eigenvalue weighted by Gasteiger charge is 2.25. The third kappa shape index (κ3) is 4.47. The first kappa shape index (κ1) is 16.8. The number of rotatable bonds is 5. The number of carbonyl (C=O) groups is 2. The SMILES string of the molecule is O=C(CNc1ccccc1)N1CCN(CC(=O)N2CCCC2)CC1. The molecule has 1 aromatic rings. The van der Waals surface area contributed by atoms with E-state index in [1.807, 2.05) is 40.1 Å². The second-order valence-corrected chi connectivity index (χ2v) is 6.46. The molecule has 0 spiro atoms. The molecule has 2 aliphatic heterocycles. The van der Waals surface area contributed by atoms with Crippen molar-refractivity contribution in [2.45, 2.75) is 12.8 Å². The third-order valence-corrected chi connectivity index (χ3v) is 4.76. The largest absolute Gasteiger partial charge is 0.376 e. The van der Waals surface area contributed by atoms with Gasteiger partial charge in [0.25, 0.3) is 0 Å². The topological polar surface area (TPSA) is 55.9 Å². The summed E-state index contributed by atoms with van der Waals surface area (Å²) >= 11 is 0. The normalized spacial score (nSPS) is 18.7. The lowest BCUT2D eigenvalue weighted by Gasteiger charge is -2.35. The predicted octanol–water partition coefficient (Wildman–Crippen LogP) is 0.865. The second kappa shape index (κ2) is 8.15. The number of nitrogens with one attached hydrogen (secondary N) is 1. The number of anilines is 1. The molecule has 130 valence electrons. The van der Waals surface area contributed by atoms with Crippen molar-refractivity contribution in [3.05, 3.63) is 30.3 Å². The number of amides is 2. The summed E-state index contributed by atoms with van der Waals surface area (Å²) in [5, 5.41) is 3.16. The zero-order valence-electron chi connectivity index (χ0n) is 14.1. The van der Waals surface area contributed by atoms with Crippen LogP contribution in [0.2, 0.25) is 0 Å². The van der Waals surface area contributed by atoms with Crippen LogP contribution in [0.4, 0.5) is 5.69 Å². The van der Waals surface area contributed by atoms with Crippen LogP contribution in [0, 0.1) is 0 Å². The monoisotopic (exact) mass is 330 g/mol. The van der Waals surface area contributed by atoms with Gasteiger partial charge in [0.2, 0.25) is 11.8 Å². The number of hydrogen-bond donors (Lipinski definition) is 1. The molecule has 2 amide bonds. The van der Waals surface area contributed by atoms with Gasteiger partial charge in [-0.15, -0.1) is 0 Å². The van der Waals surface area contributed by atoms with Crippen LogP contribution in [-0.2, 0) is 9.59 Å². The van der Waals surface area contributed by atoms with Crippen molar-refractivity contribution in [3.63, 3.8) is 0 Å². The van der Waals surface area contributed by atoms with Crippen molar-refractivity contribution in [1.29, 1.82) is 0 Å². The fraction of sp³-hybridized carbons (Fsp3) is 0.556. The highest BCUT2D eigenvalue weighted by molar-refractivity contribution is 5.81. The number of nitrogens with zero attached hydrogens (tertiary/aromatic N) is 3. The van der Waals surface area contributed by atoms with Crippen molar-refractivity contribution in [2.75, 3.05) is 57.7 Å². The van der Waals surface area contributed by atoms with Crippen LogP contribution < -0.4 is 5.32 Å². The molecule has 3 rings (SSSR count). The Morgan fingerprint density at radius 1 is 0.833 bits per heavy atom. The van der Waals surface area contributed by atoms with Crippen LogP contribution in [0.25, 0.3) is 0 Å². The third-order valence-electron chi connectivity index (χ3n) is 4.76. The molecule has 24 heavy (non-hydrogen) atoms. The van der Waals surface area contributed by atoms with E-state index >= 15 is 0 Å². The first-order valence-electron chi connectivity index (χ1n) is 8.79. The first-order valence-corrected chi connectivity index (χ1v) is 8.79. The summed E-state index contributed by atoms with van der Waals surface area (Å²) in [4.78, 5) is 30.5. The summed E-state index contributed by atoms with van der Waals surface area (Å²) in [5.74, 6) is 0.349. The fourth-order valence-electron chi connectivity index (χ4n) is 3.26. The summed E-state index contributed by atoms with van der Waals surface area (Å²) in [6, 6.07) is 9.76. The van der Waals surface area contributed by atoms with Gasteiger partial charge in [-0.2, -0.15) is 0 Å². The molecule has 2 heterocycles. The molecule has 0 unspecified atom stereocenters. The molecule has 0 aromatic heterocycles. The van der Waals surface area contributed by atoms with E-state index in [-0.39, 0.29) is 11.8 Å². The van der Waals surface area contributed by atoms with E-state index in [1.54, 1.807) is 0 Å². The van der Waals surface area contributed by atoms with E-state index in [9.17, 15) is 9.59 Å². The Bertz CT molecular complexity index is 549. The minimum absolute atomic E-state index is 0.115. The van der Waals surface area contributed by atoms with E-state index in [0.717, 1.165) is 44.7 Å². The Labute approximate surface area is 143 Å². The van der Waals surface area contributed by atoms with Crippen LogP contribution in [0.1, 0.15) is 12.8 Å². The maximum absolute atomic E-state index is 12.3. The Hall–Kier alpha value is -2.08. The summed E-state index contributed by atoms with van der Waals surface area (Å²) < 4.78 is 0. The summed E-state index contributed by atoms with van der Waals surface area (Å²) in [7, 11) is 0. The minimum atomic E-state index is 0.115. The smallest absolute Gasteiger partial charge is 0.241 e. The maximum Gasteiger partial charge on any atom is 0.241 e. The molecule has 2 saturated heterocycles. The maximum atomic E-state index is 12.3. The van der Waals surface area contributed by atoms with Gasteiger partial charge in [0.05, 0.1) is 13.1 Å². The quantitative estimate of drug-likeness (QED) is 0.870. The van der Waals surface area contributed by atoms with Crippen LogP contribution in [0.5, 0.6) is 0 Å². The standard InChI is InChI=1S/C18H26N4O2/c23-17(14-19-16-6-2-1-3-7-16)22-12-10-20(11-13-22)15-18(24)21-8-4-5-9-21/h1-3,6-7,19H,4-5,8-15H2. The number of likely N-dealkylation sites (tertiary alicyclic amines) is 1. The summed E-state index contributed by atoms with van der Waals surface area (Å²) in [6.07, 6.45) is 2.25. The average molecular weight is 330 g/mol. The lowest BCUT2D eigenvalue weighted by atomic mass is 10.3. The molecule has 1 aromatic carbocycles. The second-order valence-electron chi connectivity index (χ2n) is 6.46. The Balaban J connectivity index is 1.38. The molecule has 0 saturated carbocycles. The summed E-state index contributed by atoms with van der Waals surface area (Å²) in [6.45, 7) is 5.56. The molecule has 6 nitrogen and oxygen atoms in total. The highest BCUT2D eigenvalue weighted by Crippen LogP contribution is 2.10. The van der Waals surface area contributed by atoms with E-state index in [0.29, 0.717) is 26.2 Å². The van der Waals surface area contributed by atoms with Crippen LogP contribution in [-0.4, -0.2) is 78.9 Å². The van der Waals surface area contributed by atoms with Gasteiger partial charge in [-0.3, -0.25) is 14.5 Å². The van der Waals surface area contributed by atoms with E-state index < -0.39 is 0 Å². The zero-order chi connectivity index (χ0) is 16.8. The van der Waals surface area contributed by atoms with Gasteiger partial charge in [0.1, 0.15) is 0 Å². The molecule has 0 atom stereocenters. The molecule has 6 heteroatoms. The summed E-state index contributed by atoms with van der Waals surface area (Å²) in [5.41, 5.74) is 0.959. The highest BCUT2D eigenvalue weighted by atomic mass is 16.2. The van der Waals surface area contributed by atoms with Crippen LogP contribution >= 0.6 is 0 Å². The number of piperazine rings is 1. The van der Waals surface area contributed by atoms with Crippen molar-refractivity contribution in [3.8, 4) is 0 Å². The average Bonchev–Trinajstić information content (AvgIpc) is 3.16. The van der Waals surface area contributed by atoms with Gasteiger partial charge in [0, 0.05) is 45.0 Å². The van der Waals surface area contributed by atoms with E-state index in [1.165, 1.54) is 0 Å². The molecule has 2 aliphatic rings. The van der Waals surface area contributed by atoms with Crippen molar-refractivity contribution >= 4 is 17.5 Å². The van der Waals surface area contributed by atoms with Gasteiger partial charge in [-0.1, -0.05) is 18.2 Å². The van der Waals surface area contributed by atoms with Gasteiger partial charge in [-0.25, -0.2) is 0 Å². The Morgan fingerprint density at radius 2 is 1.46 bits per heavy atom. The van der Waals surface area contributed by atoms with Crippen molar-refractivity contribution in [1.82, 2.24) is 14.7 Å². The fourth-order valence-corrected chi connectivity index (χ4v) is 3.26. The Kier molecular flexibility index (Phi) is 5.69. The number of para-hydroxylation sites is 1. The number of carbonyl (C=O) groups excluding carboxylic acids is 2. The lowest BCUT2D eigenvalue weighted by Crippen LogP contribution is -2.52. The zero-order valence-corrected chi connectivity index (χ0v) is 14.1. The van der Waals surface area contributed by atoms with Gasteiger partial charge >= 0.3 is 0 Å². The molecular formula is C18H26N4O2. The predicted molar refractivity (Wildman–Crippen MR) is 93.8 cm³/mol. The minimum Gasteiger partial charge on any atom is -0.376 e. The molecule has 1 N–H and O–H groups in total. The number of benzene rings is 1.